The van der Waals surface area contributed by atoms with E-state index in [9.17, 15) is 9.59 Å². The third-order valence-corrected chi connectivity index (χ3v) is 6.00. The van der Waals surface area contributed by atoms with E-state index >= 15 is 0 Å². The summed E-state index contributed by atoms with van der Waals surface area (Å²) < 4.78 is 6.07. The van der Waals surface area contributed by atoms with E-state index in [2.05, 4.69) is 10.2 Å². The van der Waals surface area contributed by atoms with Gasteiger partial charge in [-0.25, -0.2) is 0 Å². The second-order valence-corrected chi connectivity index (χ2v) is 8.86. The third kappa shape index (κ3) is 6.10. The Bertz CT molecular complexity index is 900. The molecule has 3 atom stereocenters. The van der Waals surface area contributed by atoms with Crippen LogP contribution in [0, 0.1) is 5.92 Å². The summed E-state index contributed by atoms with van der Waals surface area (Å²) in [5.41, 5.74) is 2.00. The summed E-state index contributed by atoms with van der Waals surface area (Å²) in [5, 5.41) is 3.05. The van der Waals surface area contributed by atoms with Crippen LogP contribution in [0.4, 0.5) is 0 Å². The lowest BCUT2D eigenvalue weighted by atomic mass is 10.0. The molecule has 2 aromatic rings. The number of nitrogens with zero attached hydrogens (tertiary/aromatic N) is 2. The predicted octanol–water partition coefficient (Wildman–Crippen LogP) is 3.11. The summed E-state index contributed by atoms with van der Waals surface area (Å²) in [6.07, 6.45) is 1.18. The molecule has 0 unspecified atom stereocenters. The Balaban J connectivity index is 1.91. The van der Waals surface area contributed by atoms with E-state index < -0.39 is 6.04 Å². The number of hydrogen-bond donors (Lipinski definition) is 1. The van der Waals surface area contributed by atoms with Gasteiger partial charge in [0.1, 0.15) is 18.4 Å². The van der Waals surface area contributed by atoms with Gasteiger partial charge < -0.3 is 19.9 Å². The lowest BCUT2D eigenvalue weighted by Crippen LogP contribution is -2.55. The van der Waals surface area contributed by atoms with Crippen molar-refractivity contribution in [3.05, 3.63) is 65.7 Å². The number of nitrogens with one attached hydrogen (secondary N) is 1. The van der Waals surface area contributed by atoms with Crippen LogP contribution in [0.2, 0.25) is 0 Å². The fourth-order valence-corrected chi connectivity index (χ4v) is 3.94. The highest BCUT2D eigenvalue weighted by Gasteiger charge is 2.34. The summed E-state index contributed by atoms with van der Waals surface area (Å²) in [5.74, 6) is 0.511. The topological polar surface area (TPSA) is 61.9 Å². The van der Waals surface area contributed by atoms with Crippen LogP contribution in [0.1, 0.15) is 31.4 Å². The number of likely N-dealkylation sites (N-methyl/N-ethyl adjacent to an activating group) is 1. The summed E-state index contributed by atoms with van der Waals surface area (Å²) >= 11 is 0. The molecule has 0 fully saturated rings. The number of amides is 2. The zero-order valence-electron chi connectivity index (χ0n) is 19.6. The zero-order valence-corrected chi connectivity index (χ0v) is 19.6. The molecular formula is C26H35N3O3. The van der Waals surface area contributed by atoms with E-state index in [-0.39, 0.29) is 23.8 Å². The summed E-state index contributed by atoms with van der Waals surface area (Å²) in [7, 11) is 3.99. The molecule has 3 rings (SSSR count). The molecule has 0 saturated carbocycles. The maximum Gasteiger partial charge on any atom is 0.246 e. The zero-order chi connectivity index (χ0) is 23.1. The molecule has 1 heterocycles. The van der Waals surface area contributed by atoms with Crippen molar-refractivity contribution in [2.24, 2.45) is 5.92 Å². The van der Waals surface area contributed by atoms with E-state index in [0.29, 0.717) is 26.1 Å². The Kier molecular flexibility index (Phi) is 8.28. The van der Waals surface area contributed by atoms with Crippen LogP contribution in [-0.4, -0.2) is 60.9 Å². The fraction of sp³-hybridized carbons (Fsp3) is 0.462. The number of rotatable bonds is 8. The largest absolute Gasteiger partial charge is 0.491 e. The Labute approximate surface area is 191 Å². The van der Waals surface area contributed by atoms with Crippen molar-refractivity contribution in [3.8, 4) is 5.75 Å². The molecule has 1 aliphatic rings. The Hall–Kier alpha value is -2.86. The van der Waals surface area contributed by atoms with E-state index in [4.69, 9.17) is 4.74 Å². The molecule has 0 radical (unpaired) electrons. The SMILES string of the molecule is CC[C@@H](C)C(=O)N[C@H](Cc1ccccc1)C(=O)N1Cc2ccccc2OC[C@@H]1CN(C)C. The highest BCUT2D eigenvalue weighted by atomic mass is 16.5. The first-order valence-corrected chi connectivity index (χ1v) is 11.4. The van der Waals surface area contributed by atoms with Gasteiger partial charge >= 0.3 is 0 Å². The molecule has 0 aliphatic carbocycles. The minimum Gasteiger partial charge on any atom is -0.491 e. The van der Waals surface area contributed by atoms with E-state index in [1.165, 1.54) is 0 Å². The number of ether oxygens (including phenoxy) is 1. The van der Waals surface area contributed by atoms with E-state index in [1.54, 1.807) is 0 Å². The molecule has 1 N–H and O–H groups in total. The maximum absolute atomic E-state index is 13.9. The van der Waals surface area contributed by atoms with Crippen molar-refractivity contribution in [2.45, 2.75) is 45.3 Å². The smallest absolute Gasteiger partial charge is 0.246 e. The molecule has 32 heavy (non-hydrogen) atoms. The van der Waals surface area contributed by atoms with Gasteiger partial charge in [-0.1, -0.05) is 62.4 Å². The van der Waals surface area contributed by atoms with Gasteiger partial charge in [-0.2, -0.15) is 0 Å². The summed E-state index contributed by atoms with van der Waals surface area (Å²) in [6, 6.07) is 17.0. The van der Waals surface area contributed by atoms with Crippen LogP contribution in [-0.2, 0) is 22.6 Å². The first-order chi connectivity index (χ1) is 15.4. The van der Waals surface area contributed by atoms with Crippen LogP contribution in [0.15, 0.2) is 54.6 Å². The minimum atomic E-state index is -0.631. The van der Waals surface area contributed by atoms with Crippen LogP contribution in [0.3, 0.4) is 0 Å². The Morgan fingerprint density at radius 1 is 1.12 bits per heavy atom. The predicted molar refractivity (Wildman–Crippen MR) is 126 cm³/mol. The molecule has 172 valence electrons. The average molecular weight is 438 g/mol. The Morgan fingerprint density at radius 2 is 1.81 bits per heavy atom. The van der Waals surface area contributed by atoms with Crippen molar-refractivity contribution >= 4 is 11.8 Å². The second kappa shape index (κ2) is 11.1. The van der Waals surface area contributed by atoms with Crippen molar-refractivity contribution in [2.75, 3.05) is 27.2 Å². The minimum absolute atomic E-state index is 0.0716. The number of hydrogen-bond acceptors (Lipinski definition) is 4. The summed E-state index contributed by atoms with van der Waals surface area (Å²) in [6.45, 7) is 5.42. The van der Waals surface area contributed by atoms with Crippen molar-refractivity contribution < 1.29 is 14.3 Å². The first kappa shape index (κ1) is 23.8. The van der Waals surface area contributed by atoms with Crippen LogP contribution in [0.5, 0.6) is 5.75 Å². The molecule has 0 spiro atoms. The standard InChI is InChI=1S/C26H35N3O3/c1-5-19(2)25(30)27-23(15-20-11-7-6-8-12-20)26(31)29-16-21-13-9-10-14-24(21)32-18-22(29)17-28(3)4/h6-14,19,22-23H,5,15-18H2,1-4H3,(H,27,30)/t19-,22+,23-/m1/s1. The molecule has 1 aliphatic heterocycles. The van der Waals surface area contributed by atoms with Crippen molar-refractivity contribution in [1.29, 1.82) is 0 Å². The van der Waals surface area contributed by atoms with Crippen molar-refractivity contribution in [1.82, 2.24) is 15.1 Å². The fourth-order valence-electron chi connectivity index (χ4n) is 3.94. The van der Waals surface area contributed by atoms with Gasteiger partial charge in [-0.3, -0.25) is 9.59 Å². The molecule has 0 saturated heterocycles. The van der Waals surface area contributed by atoms with Crippen LogP contribution in [0.25, 0.3) is 0 Å². The number of carbonyl (C=O) groups is 2. The van der Waals surface area contributed by atoms with E-state index in [0.717, 1.165) is 23.3 Å². The highest BCUT2D eigenvalue weighted by molar-refractivity contribution is 5.89. The lowest BCUT2D eigenvalue weighted by Gasteiger charge is -2.34. The second-order valence-electron chi connectivity index (χ2n) is 8.86. The van der Waals surface area contributed by atoms with Gasteiger partial charge in [0.05, 0.1) is 6.04 Å². The average Bonchev–Trinajstić information content (AvgIpc) is 2.97. The van der Waals surface area contributed by atoms with Gasteiger partial charge in [0.25, 0.3) is 0 Å². The van der Waals surface area contributed by atoms with Crippen LogP contribution < -0.4 is 10.1 Å². The lowest BCUT2D eigenvalue weighted by molar-refractivity contribution is -0.140. The van der Waals surface area contributed by atoms with Crippen molar-refractivity contribution in [3.63, 3.8) is 0 Å². The molecule has 6 nitrogen and oxygen atoms in total. The molecule has 6 heteroatoms. The first-order valence-electron chi connectivity index (χ1n) is 11.4. The molecule has 2 amide bonds. The van der Waals surface area contributed by atoms with E-state index in [1.807, 2.05) is 87.4 Å². The molecule has 2 aromatic carbocycles. The van der Waals surface area contributed by atoms with Gasteiger partial charge in [0, 0.05) is 31.0 Å². The Morgan fingerprint density at radius 3 is 2.50 bits per heavy atom. The molecular weight excluding hydrogens is 402 g/mol. The number of carbonyl (C=O) groups excluding carboxylic acids is 2. The number of para-hydroxylation sites is 1. The monoisotopic (exact) mass is 437 g/mol. The normalized spacial score (nSPS) is 17.7. The third-order valence-electron chi connectivity index (χ3n) is 6.00. The van der Waals surface area contributed by atoms with Crippen LogP contribution >= 0.6 is 0 Å². The van der Waals surface area contributed by atoms with Gasteiger partial charge in [0.2, 0.25) is 11.8 Å². The molecule has 0 aromatic heterocycles. The maximum atomic E-state index is 13.9. The summed E-state index contributed by atoms with van der Waals surface area (Å²) in [4.78, 5) is 30.7. The van der Waals surface area contributed by atoms with Gasteiger partial charge in [-0.05, 0) is 32.1 Å². The number of fused-ring (bicyclic) bond motifs is 1. The quantitative estimate of drug-likeness (QED) is 0.689. The highest BCUT2D eigenvalue weighted by Crippen LogP contribution is 2.26. The van der Waals surface area contributed by atoms with Gasteiger partial charge in [-0.15, -0.1) is 0 Å². The molecule has 0 bridgehead atoms. The number of benzene rings is 2. The van der Waals surface area contributed by atoms with Gasteiger partial charge in [0.15, 0.2) is 0 Å².